The number of halogens is 1. The Morgan fingerprint density at radius 3 is 2.78 bits per heavy atom. The van der Waals surface area contributed by atoms with E-state index in [1.165, 1.54) is 0 Å². The number of hydrogen-bond acceptors (Lipinski definition) is 4. The first-order chi connectivity index (χ1) is 8.43. The predicted molar refractivity (Wildman–Crippen MR) is 74.3 cm³/mol. The highest BCUT2D eigenvalue weighted by atomic mass is 79.9. The summed E-state index contributed by atoms with van der Waals surface area (Å²) in [7, 11) is -1.07. The molecule has 0 aromatic heterocycles. The molecule has 1 aromatic carbocycles. The van der Waals surface area contributed by atoms with E-state index in [0.29, 0.717) is 12.0 Å². The molecule has 1 atom stereocenters. The van der Waals surface area contributed by atoms with E-state index in [0.717, 1.165) is 10.2 Å². The molecule has 18 heavy (non-hydrogen) atoms. The smallest absolute Gasteiger partial charge is 0.152 e. The van der Waals surface area contributed by atoms with Crippen LogP contribution in [0.4, 0.5) is 5.69 Å². The molecule has 6 heteroatoms. The molecule has 0 saturated carbocycles. The molecule has 4 nitrogen and oxygen atoms in total. The molecule has 0 amide bonds. The van der Waals surface area contributed by atoms with Crippen molar-refractivity contribution in [3.63, 3.8) is 0 Å². The van der Waals surface area contributed by atoms with Crippen LogP contribution < -0.4 is 4.90 Å². The minimum absolute atomic E-state index is 0.0450. The predicted octanol–water partition coefficient (Wildman–Crippen LogP) is 1.94. The lowest BCUT2D eigenvalue weighted by atomic mass is 10.1. The standard InChI is InChI=1S/C12H13BrN2O2S/c1-15(11-4-5-18(16,17)8-11)12-6-10(13)3-2-9(12)7-14/h2-3,6,11H,4-5,8H2,1H3. The Balaban J connectivity index is 2.32. The SMILES string of the molecule is CN(c1cc(Br)ccc1C#N)C1CCS(=O)(=O)C1. The van der Waals surface area contributed by atoms with Crippen molar-refractivity contribution in [2.45, 2.75) is 12.5 Å². The molecule has 1 aliphatic rings. The molecule has 0 bridgehead atoms. The fourth-order valence-corrected chi connectivity index (χ4v) is 4.29. The van der Waals surface area contributed by atoms with Crippen LogP contribution in [0.15, 0.2) is 22.7 Å². The lowest BCUT2D eigenvalue weighted by Crippen LogP contribution is -2.33. The second kappa shape index (κ2) is 4.90. The molecule has 1 aliphatic heterocycles. The van der Waals surface area contributed by atoms with Crippen LogP contribution in [0.3, 0.4) is 0 Å². The largest absolute Gasteiger partial charge is 0.369 e. The third-order valence-electron chi connectivity index (χ3n) is 3.22. The van der Waals surface area contributed by atoms with Crippen molar-refractivity contribution >= 4 is 31.5 Å². The third kappa shape index (κ3) is 2.68. The zero-order valence-corrected chi connectivity index (χ0v) is 12.3. The summed E-state index contributed by atoms with van der Waals surface area (Å²) in [5.41, 5.74) is 1.33. The van der Waals surface area contributed by atoms with Gasteiger partial charge in [0.05, 0.1) is 22.8 Å². The van der Waals surface area contributed by atoms with Crippen molar-refractivity contribution in [1.82, 2.24) is 0 Å². The van der Waals surface area contributed by atoms with Gasteiger partial charge >= 0.3 is 0 Å². The van der Waals surface area contributed by atoms with E-state index >= 15 is 0 Å². The van der Waals surface area contributed by atoms with Crippen LogP contribution in [0.25, 0.3) is 0 Å². The number of nitriles is 1. The maximum absolute atomic E-state index is 11.5. The Kier molecular flexibility index (Phi) is 3.64. The van der Waals surface area contributed by atoms with Gasteiger partial charge in [0.1, 0.15) is 6.07 Å². The van der Waals surface area contributed by atoms with E-state index in [4.69, 9.17) is 5.26 Å². The van der Waals surface area contributed by atoms with Gasteiger partial charge in [0.15, 0.2) is 9.84 Å². The molecule has 1 unspecified atom stereocenters. The number of nitrogens with zero attached hydrogens (tertiary/aromatic N) is 2. The summed E-state index contributed by atoms with van der Waals surface area (Å²) in [4.78, 5) is 1.90. The van der Waals surface area contributed by atoms with Crippen molar-refractivity contribution in [2.24, 2.45) is 0 Å². The lowest BCUT2D eigenvalue weighted by molar-refractivity contribution is 0.601. The Hall–Kier alpha value is -1.06. The van der Waals surface area contributed by atoms with Crippen LogP contribution in [0.1, 0.15) is 12.0 Å². The molecular weight excluding hydrogens is 316 g/mol. The van der Waals surface area contributed by atoms with Crippen molar-refractivity contribution in [1.29, 1.82) is 5.26 Å². The van der Waals surface area contributed by atoms with Crippen LogP contribution in [-0.2, 0) is 9.84 Å². The van der Waals surface area contributed by atoms with E-state index in [2.05, 4.69) is 22.0 Å². The van der Waals surface area contributed by atoms with Gasteiger partial charge in [-0.2, -0.15) is 5.26 Å². The molecule has 96 valence electrons. The maximum Gasteiger partial charge on any atom is 0.152 e. The molecular formula is C12H13BrN2O2S. The normalized spacial score (nSPS) is 21.5. The summed E-state index contributed by atoms with van der Waals surface area (Å²) < 4.78 is 23.9. The van der Waals surface area contributed by atoms with Crippen molar-refractivity contribution in [3.05, 3.63) is 28.2 Å². The van der Waals surface area contributed by atoms with Crippen LogP contribution >= 0.6 is 15.9 Å². The third-order valence-corrected chi connectivity index (χ3v) is 5.46. The Bertz CT molecular complexity index is 607. The molecule has 1 saturated heterocycles. The van der Waals surface area contributed by atoms with Crippen molar-refractivity contribution in [2.75, 3.05) is 23.5 Å². The van der Waals surface area contributed by atoms with Crippen LogP contribution in [0.2, 0.25) is 0 Å². The summed E-state index contributed by atoms with van der Waals surface area (Å²) in [6.07, 6.45) is 0.621. The summed E-state index contributed by atoms with van der Waals surface area (Å²) in [5.74, 6) is 0.402. The van der Waals surface area contributed by atoms with Gasteiger partial charge in [-0.25, -0.2) is 8.42 Å². The van der Waals surface area contributed by atoms with Gasteiger partial charge in [0, 0.05) is 17.6 Å². The number of rotatable bonds is 2. The molecule has 1 heterocycles. The lowest BCUT2D eigenvalue weighted by Gasteiger charge is -2.26. The number of benzene rings is 1. The number of anilines is 1. The Morgan fingerprint density at radius 2 is 2.22 bits per heavy atom. The summed E-state index contributed by atoms with van der Waals surface area (Å²) >= 11 is 3.37. The molecule has 2 rings (SSSR count). The molecule has 1 aromatic rings. The summed E-state index contributed by atoms with van der Waals surface area (Å²) in [6.45, 7) is 0. The van der Waals surface area contributed by atoms with E-state index in [9.17, 15) is 8.42 Å². The van der Waals surface area contributed by atoms with Gasteiger partial charge in [-0.15, -0.1) is 0 Å². The van der Waals surface area contributed by atoms with Crippen LogP contribution in [0.5, 0.6) is 0 Å². The van der Waals surface area contributed by atoms with Gasteiger partial charge in [0.2, 0.25) is 0 Å². The molecule has 1 fully saturated rings. The molecule has 0 aliphatic carbocycles. The molecule has 0 spiro atoms. The van der Waals surface area contributed by atoms with E-state index < -0.39 is 9.84 Å². The Labute approximate surface area is 115 Å². The second-order valence-electron chi connectivity index (χ2n) is 4.44. The molecule has 0 N–H and O–H groups in total. The highest BCUT2D eigenvalue weighted by molar-refractivity contribution is 9.10. The topological polar surface area (TPSA) is 61.2 Å². The van der Waals surface area contributed by atoms with Crippen molar-refractivity contribution in [3.8, 4) is 6.07 Å². The van der Waals surface area contributed by atoms with Gasteiger partial charge in [-0.3, -0.25) is 0 Å². The van der Waals surface area contributed by atoms with Crippen LogP contribution in [-0.4, -0.2) is 33.0 Å². The summed E-state index contributed by atoms with van der Waals surface area (Å²) in [5, 5.41) is 9.09. The monoisotopic (exact) mass is 328 g/mol. The van der Waals surface area contributed by atoms with Gasteiger partial charge < -0.3 is 4.90 Å². The van der Waals surface area contributed by atoms with E-state index in [1.54, 1.807) is 12.1 Å². The fourth-order valence-electron chi connectivity index (χ4n) is 2.17. The quantitative estimate of drug-likeness (QED) is 0.832. The number of hydrogen-bond donors (Lipinski definition) is 0. The fraction of sp³-hybridized carbons (Fsp3) is 0.417. The van der Waals surface area contributed by atoms with E-state index in [1.807, 2.05) is 18.0 Å². The average molecular weight is 329 g/mol. The highest BCUT2D eigenvalue weighted by Crippen LogP contribution is 2.28. The minimum atomic E-state index is -2.91. The Morgan fingerprint density at radius 1 is 1.50 bits per heavy atom. The second-order valence-corrected chi connectivity index (χ2v) is 7.59. The van der Waals surface area contributed by atoms with Crippen LogP contribution in [0, 0.1) is 11.3 Å². The first-order valence-electron chi connectivity index (χ1n) is 5.56. The zero-order chi connectivity index (χ0) is 13.3. The highest BCUT2D eigenvalue weighted by Gasteiger charge is 2.31. The minimum Gasteiger partial charge on any atom is -0.369 e. The maximum atomic E-state index is 11.5. The van der Waals surface area contributed by atoms with Gasteiger partial charge in [-0.05, 0) is 24.6 Å². The van der Waals surface area contributed by atoms with Crippen molar-refractivity contribution < 1.29 is 8.42 Å². The van der Waals surface area contributed by atoms with E-state index in [-0.39, 0.29) is 17.5 Å². The first-order valence-corrected chi connectivity index (χ1v) is 8.17. The molecule has 0 radical (unpaired) electrons. The van der Waals surface area contributed by atoms with Gasteiger partial charge in [-0.1, -0.05) is 15.9 Å². The zero-order valence-electron chi connectivity index (χ0n) is 9.93. The first kappa shape index (κ1) is 13.4. The van der Waals surface area contributed by atoms with Gasteiger partial charge in [0.25, 0.3) is 0 Å². The number of sulfone groups is 1. The summed E-state index contributed by atoms with van der Waals surface area (Å²) in [6, 6.07) is 7.48. The average Bonchev–Trinajstić information content (AvgIpc) is 2.68.